The molecule has 1 aliphatic rings. The highest BCUT2D eigenvalue weighted by atomic mass is 32.2. The lowest BCUT2D eigenvalue weighted by atomic mass is 9.90. The Morgan fingerprint density at radius 2 is 1.47 bits per heavy atom. The van der Waals surface area contributed by atoms with Gasteiger partial charge in [-0.3, -0.25) is 4.79 Å². The number of piperazine rings is 1. The van der Waals surface area contributed by atoms with Gasteiger partial charge in [0.2, 0.25) is 5.91 Å². The maximum atomic E-state index is 13.7. The van der Waals surface area contributed by atoms with Crippen LogP contribution in [0.1, 0.15) is 17.0 Å². The lowest BCUT2D eigenvalue weighted by Crippen LogP contribution is -2.50. The second kappa shape index (κ2) is 9.19. The summed E-state index contributed by atoms with van der Waals surface area (Å²) in [6, 6.07) is 24.9. The fourth-order valence-electron chi connectivity index (χ4n) is 4.33. The van der Waals surface area contributed by atoms with Gasteiger partial charge in [0.1, 0.15) is 0 Å². The van der Waals surface area contributed by atoms with Crippen molar-refractivity contribution >= 4 is 42.4 Å². The third-order valence-corrected chi connectivity index (χ3v) is 8.34. The number of thiazole rings is 1. The van der Waals surface area contributed by atoms with Crippen LogP contribution in [0.4, 0.5) is 5.13 Å². The smallest absolute Gasteiger partial charge is 0.234 e. The first-order chi connectivity index (χ1) is 16.4. The number of hydrogen-bond acceptors (Lipinski definition) is 6. The van der Waals surface area contributed by atoms with Gasteiger partial charge in [-0.25, -0.2) is 13.4 Å². The van der Waals surface area contributed by atoms with E-state index in [9.17, 15) is 13.2 Å². The zero-order valence-electron chi connectivity index (χ0n) is 18.8. The molecule has 3 aromatic carbocycles. The van der Waals surface area contributed by atoms with Gasteiger partial charge in [-0.15, -0.1) is 0 Å². The van der Waals surface area contributed by atoms with E-state index in [0.29, 0.717) is 31.1 Å². The molecule has 34 heavy (non-hydrogen) atoms. The number of rotatable bonds is 5. The zero-order chi connectivity index (χ0) is 23.7. The number of sulfone groups is 1. The predicted octanol–water partition coefficient (Wildman–Crippen LogP) is 4.18. The molecule has 0 spiro atoms. The van der Waals surface area contributed by atoms with E-state index in [1.165, 1.54) is 17.6 Å². The molecule has 0 N–H and O–H groups in total. The molecule has 2 heterocycles. The molecule has 8 heteroatoms. The molecule has 4 aromatic rings. The van der Waals surface area contributed by atoms with Crippen LogP contribution in [-0.4, -0.2) is 56.6 Å². The highest BCUT2D eigenvalue weighted by Crippen LogP contribution is 2.32. The molecule has 1 amide bonds. The molecule has 6 nitrogen and oxygen atoms in total. The molecule has 1 fully saturated rings. The molecule has 0 bridgehead atoms. The van der Waals surface area contributed by atoms with Gasteiger partial charge in [-0.05, 0) is 29.3 Å². The van der Waals surface area contributed by atoms with Gasteiger partial charge in [0.15, 0.2) is 15.0 Å². The summed E-state index contributed by atoms with van der Waals surface area (Å²) >= 11 is 1.49. The van der Waals surface area contributed by atoms with Crippen LogP contribution in [0, 0.1) is 0 Å². The first-order valence-electron chi connectivity index (χ1n) is 11.1. The quantitative estimate of drug-likeness (QED) is 0.419. The van der Waals surface area contributed by atoms with Gasteiger partial charge in [0.05, 0.1) is 21.0 Å². The number of nitrogens with zero attached hydrogens (tertiary/aromatic N) is 3. The Hall–Kier alpha value is -3.23. The standard InChI is InChI=1S/C26H25N3O3S2/c1-34(31,32)21-12-13-22-23(18-21)33-26(27-22)29-16-14-28(15-17-29)25(30)24(19-8-4-2-5-9-19)20-10-6-3-7-11-20/h2-13,18,24H,14-17H2,1H3. The number of carbonyl (C=O) groups is 1. The molecular weight excluding hydrogens is 466 g/mol. The van der Waals surface area contributed by atoms with Crippen molar-refractivity contribution in [2.45, 2.75) is 10.8 Å². The minimum atomic E-state index is -3.26. The zero-order valence-corrected chi connectivity index (χ0v) is 20.4. The van der Waals surface area contributed by atoms with E-state index in [-0.39, 0.29) is 11.8 Å². The van der Waals surface area contributed by atoms with Crippen LogP contribution in [0.5, 0.6) is 0 Å². The Morgan fingerprint density at radius 3 is 2.03 bits per heavy atom. The van der Waals surface area contributed by atoms with E-state index in [1.54, 1.807) is 18.2 Å². The summed E-state index contributed by atoms with van der Waals surface area (Å²) in [5.41, 5.74) is 2.78. The number of carbonyl (C=O) groups excluding carboxylic acids is 1. The van der Waals surface area contributed by atoms with Crippen molar-refractivity contribution in [1.82, 2.24) is 9.88 Å². The van der Waals surface area contributed by atoms with E-state index in [2.05, 4.69) is 4.90 Å². The number of anilines is 1. The van der Waals surface area contributed by atoms with Crippen LogP contribution >= 0.6 is 11.3 Å². The number of amides is 1. The average molecular weight is 492 g/mol. The minimum absolute atomic E-state index is 0.110. The molecule has 0 radical (unpaired) electrons. The van der Waals surface area contributed by atoms with Crippen LogP contribution < -0.4 is 4.90 Å². The van der Waals surface area contributed by atoms with E-state index in [0.717, 1.165) is 26.5 Å². The van der Waals surface area contributed by atoms with Crippen molar-refractivity contribution < 1.29 is 13.2 Å². The van der Waals surface area contributed by atoms with Gasteiger partial charge in [-0.1, -0.05) is 72.0 Å². The summed E-state index contributed by atoms with van der Waals surface area (Å²) < 4.78 is 24.6. The molecule has 0 saturated carbocycles. The van der Waals surface area contributed by atoms with Gasteiger partial charge < -0.3 is 9.80 Å². The van der Waals surface area contributed by atoms with Crippen LogP contribution in [0.3, 0.4) is 0 Å². The van der Waals surface area contributed by atoms with Crippen molar-refractivity contribution in [2.24, 2.45) is 0 Å². The van der Waals surface area contributed by atoms with Gasteiger partial charge in [-0.2, -0.15) is 0 Å². The maximum absolute atomic E-state index is 13.7. The van der Waals surface area contributed by atoms with E-state index >= 15 is 0 Å². The summed E-state index contributed by atoms with van der Waals surface area (Å²) in [5.74, 6) is -0.218. The third-order valence-electron chi connectivity index (χ3n) is 6.15. The molecular formula is C26H25N3O3S2. The number of aromatic nitrogens is 1. The van der Waals surface area contributed by atoms with Crippen LogP contribution in [0.25, 0.3) is 10.2 Å². The molecule has 174 valence electrons. The highest BCUT2D eigenvalue weighted by Gasteiger charge is 2.30. The lowest BCUT2D eigenvalue weighted by molar-refractivity contribution is -0.132. The summed E-state index contributed by atoms with van der Waals surface area (Å²) in [7, 11) is -3.26. The SMILES string of the molecule is CS(=O)(=O)c1ccc2nc(N3CCN(C(=O)C(c4ccccc4)c4ccccc4)CC3)sc2c1. The first kappa shape index (κ1) is 22.6. The van der Waals surface area contributed by atoms with Gasteiger partial charge in [0.25, 0.3) is 0 Å². The Labute approximate surface area is 203 Å². The van der Waals surface area contributed by atoms with E-state index in [4.69, 9.17) is 4.98 Å². The Bertz CT molecular complexity index is 1370. The largest absolute Gasteiger partial charge is 0.345 e. The number of benzene rings is 3. The molecule has 0 aliphatic carbocycles. The maximum Gasteiger partial charge on any atom is 0.234 e. The number of fused-ring (bicyclic) bond motifs is 1. The molecule has 1 aromatic heterocycles. The van der Waals surface area contributed by atoms with Crippen molar-refractivity contribution in [1.29, 1.82) is 0 Å². The highest BCUT2D eigenvalue weighted by molar-refractivity contribution is 7.90. The van der Waals surface area contributed by atoms with Crippen LogP contribution in [-0.2, 0) is 14.6 Å². The summed E-state index contributed by atoms with van der Waals surface area (Å²) in [5, 5.41) is 0.857. The van der Waals surface area contributed by atoms with Gasteiger partial charge in [0, 0.05) is 32.4 Å². The van der Waals surface area contributed by atoms with Crippen molar-refractivity contribution in [3.05, 3.63) is 90.0 Å². The predicted molar refractivity (Wildman–Crippen MR) is 136 cm³/mol. The van der Waals surface area contributed by atoms with Gasteiger partial charge >= 0.3 is 0 Å². The topological polar surface area (TPSA) is 70.6 Å². The second-order valence-corrected chi connectivity index (χ2v) is 11.5. The summed E-state index contributed by atoms with van der Waals surface area (Å²) in [4.78, 5) is 22.8. The van der Waals surface area contributed by atoms with Crippen LogP contribution in [0.2, 0.25) is 0 Å². The van der Waals surface area contributed by atoms with Crippen LogP contribution in [0.15, 0.2) is 83.8 Å². The Morgan fingerprint density at radius 1 is 0.882 bits per heavy atom. The fourth-order valence-corrected chi connectivity index (χ4v) is 6.11. The average Bonchev–Trinajstić information content (AvgIpc) is 3.29. The molecule has 1 aliphatic heterocycles. The molecule has 0 unspecified atom stereocenters. The van der Waals surface area contributed by atoms with Crippen molar-refractivity contribution in [3.63, 3.8) is 0 Å². The lowest BCUT2D eigenvalue weighted by Gasteiger charge is -2.36. The Kier molecular flexibility index (Phi) is 6.10. The third kappa shape index (κ3) is 4.56. The summed E-state index contributed by atoms with van der Waals surface area (Å²) in [6.07, 6.45) is 1.21. The minimum Gasteiger partial charge on any atom is -0.345 e. The summed E-state index contributed by atoms with van der Waals surface area (Å²) in [6.45, 7) is 2.58. The van der Waals surface area contributed by atoms with Crippen molar-refractivity contribution in [3.8, 4) is 0 Å². The molecule has 0 atom stereocenters. The Balaban J connectivity index is 1.33. The van der Waals surface area contributed by atoms with Crippen molar-refractivity contribution in [2.75, 3.05) is 37.3 Å². The molecule has 5 rings (SSSR count). The van der Waals surface area contributed by atoms with E-state index < -0.39 is 9.84 Å². The second-order valence-electron chi connectivity index (χ2n) is 8.46. The first-order valence-corrected chi connectivity index (χ1v) is 13.9. The number of hydrogen-bond donors (Lipinski definition) is 0. The fraction of sp³-hybridized carbons (Fsp3) is 0.231. The molecule has 1 saturated heterocycles. The normalized spacial score (nSPS) is 14.6. The monoisotopic (exact) mass is 491 g/mol. The van der Waals surface area contributed by atoms with E-state index in [1.807, 2.05) is 65.6 Å².